The molecule has 0 rings (SSSR count). The highest BCUT2D eigenvalue weighted by atomic mass is 15.3. The van der Waals surface area contributed by atoms with Crippen LogP contribution in [-0.4, -0.2) is 30.6 Å². The van der Waals surface area contributed by atoms with E-state index in [9.17, 15) is 0 Å². The minimum atomic E-state index is 0.138. The maximum absolute atomic E-state index is 5.64. The summed E-state index contributed by atoms with van der Waals surface area (Å²) < 4.78 is 0. The zero-order valence-electron chi connectivity index (χ0n) is 10.6. The third-order valence-corrected chi connectivity index (χ3v) is 3.40. The molecule has 0 bridgehead atoms. The summed E-state index contributed by atoms with van der Waals surface area (Å²) in [6.07, 6.45) is 2.21. The first kappa shape index (κ1) is 13.9. The molecule has 3 N–H and O–H groups in total. The van der Waals surface area contributed by atoms with Crippen molar-refractivity contribution in [2.24, 2.45) is 11.8 Å². The Bertz CT molecular complexity index is 157. The van der Waals surface area contributed by atoms with Crippen molar-refractivity contribution in [1.29, 1.82) is 0 Å². The number of nitrogens with zero attached hydrogens (tertiary/aromatic N) is 1. The Morgan fingerprint density at radius 2 is 1.86 bits per heavy atom. The fraction of sp³-hybridized carbons (Fsp3) is 1.00. The average molecular weight is 201 g/mol. The van der Waals surface area contributed by atoms with Gasteiger partial charge in [0.25, 0.3) is 0 Å². The maximum atomic E-state index is 5.64. The third-order valence-electron chi connectivity index (χ3n) is 3.40. The summed E-state index contributed by atoms with van der Waals surface area (Å²) >= 11 is 0. The van der Waals surface area contributed by atoms with Gasteiger partial charge >= 0.3 is 0 Å². The molecule has 3 heteroatoms. The number of hydrogen-bond acceptors (Lipinski definition) is 3. The van der Waals surface area contributed by atoms with Gasteiger partial charge in [0.15, 0.2) is 0 Å². The molecule has 14 heavy (non-hydrogen) atoms. The van der Waals surface area contributed by atoms with E-state index in [-0.39, 0.29) is 5.54 Å². The second-order valence-electron chi connectivity index (χ2n) is 4.95. The first-order chi connectivity index (χ1) is 6.38. The molecule has 0 aliphatic rings. The molecule has 0 fully saturated rings. The molecule has 0 radical (unpaired) electrons. The van der Waals surface area contributed by atoms with Crippen molar-refractivity contribution in [3.8, 4) is 0 Å². The molecule has 0 aliphatic carbocycles. The van der Waals surface area contributed by atoms with Gasteiger partial charge in [0.05, 0.1) is 0 Å². The van der Waals surface area contributed by atoms with E-state index in [4.69, 9.17) is 5.84 Å². The van der Waals surface area contributed by atoms with E-state index < -0.39 is 0 Å². The van der Waals surface area contributed by atoms with E-state index >= 15 is 0 Å². The minimum absolute atomic E-state index is 0.138. The number of hydrogen-bond donors (Lipinski definition) is 2. The molecule has 3 nitrogen and oxygen atoms in total. The first-order valence-electron chi connectivity index (χ1n) is 5.52. The predicted molar refractivity (Wildman–Crippen MR) is 62.9 cm³/mol. The normalized spacial score (nSPS) is 18.6. The van der Waals surface area contributed by atoms with Crippen LogP contribution in [0.1, 0.15) is 40.5 Å². The molecule has 0 aromatic carbocycles. The Labute approximate surface area is 89.0 Å². The number of hydrazine groups is 1. The van der Waals surface area contributed by atoms with E-state index in [0.717, 1.165) is 12.8 Å². The second-order valence-corrected chi connectivity index (χ2v) is 4.95. The Hall–Kier alpha value is -0.120. The standard InChI is InChI=1S/C11H27N3/c1-7-11(4,14(5)6)10(13-12)8-9(2)3/h9-10,13H,7-8,12H2,1-6H3. The van der Waals surface area contributed by atoms with Gasteiger partial charge in [-0.25, -0.2) is 0 Å². The predicted octanol–water partition coefficient (Wildman–Crippen LogP) is 1.59. The molecule has 0 aliphatic heterocycles. The number of rotatable bonds is 6. The lowest BCUT2D eigenvalue weighted by Gasteiger charge is -2.43. The Balaban J connectivity index is 4.59. The lowest BCUT2D eigenvalue weighted by molar-refractivity contribution is 0.101. The van der Waals surface area contributed by atoms with Crippen LogP contribution in [0.2, 0.25) is 0 Å². The van der Waals surface area contributed by atoms with Gasteiger partial charge < -0.3 is 4.90 Å². The van der Waals surface area contributed by atoms with Crippen LogP contribution in [0.15, 0.2) is 0 Å². The summed E-state index contributed by atoms with van der Waals surface area (Å²) in [5, 5.41) is 0. The third kappa shape index (κ3) is 3.23. The highest BCUT2D eigenvalue weighted by Crippen LogP contribution is 2.24. The molecule has 0 saturated heterocycles. The zero-order valence-corrected chi connectivity index (χ0v) is 10.6. The summed E-state index contributed by atoms with van der Waals surface area (Å²) in [5.41, 5.74) is 3.10. The van der Waals surface area contributed by atoms with Gasteiger partial charge in [-0.1, -0.05) is 20.8 Å². The number of nitrogens with one attached hydrogen (secondary N) is 1. The topological polar surface area (TPSA) is 41.3 Å². The molecule has 0 aromatic rings. The van der Waals surface area contributed by atoms with E-state index in [2.05, 4.69) is 52.1 Å². The smallest absolute Gasteiger partial charge is 0.0394 e. The van der Waals surface area contributed by atoms with Crippen molar-refractivity contribution in [3.63, 3.8) is 0 Å². The Morgan fingerprint density at radius 3 is 2.07 bits per heavy atom. The van der Waals surface area contributed by atoms with Crippen LogP contribution >= 0.6 is 0 Å². The van der Waals surface area contributed by atoms with Crippen molar-refractivity contribution < 1.29 is 0 Å². The summed E-state index contributed by atoms with van der Waals surface area (Å²) in [6.45, 7) is 8.94. The second kappa shape index (κ2) is 5.69. The summed E-state index contributed by atoms with van der Waals surface area (Å²) in [6, 6.07) is 0.350. The molecule has 0 spiro atoms. The van der Waals surface area contributed by atoms with Gasteiger partial charge in [-0.3, -0.25) is 11.3 Å². The van der Waals surface area contributed by atoms with Gasteiger partial charge in [0.1, 0.15) is 0 Å². The van der Waals surface area contributed by atoms with E-state index in [1.165, 1.54) is 0 Å². The lowest BCUT2D eigenvalue weighted by atomic mass is 9.83. The van der Waals surface area contributed by atoms with E-state index in [0.29, 0.717) is 12.0 Å². The lowest BCUT2D eigenvalue weighted by Crippen LogP contribution is -2.59. The summed E-state index contributed by atoms with van der Waals surface area (Å²) in [7, 11) is 4.24. The molecule has 86 valence electrons. The van der Waals surface area contributed by atoms with Crippen LogP contribution in [0, 0.1) is 5.92 Å². The van der Waals surface area contributed by atoms with Gasteiger partial charge in [-0.2, -0.15) is 0 Å². The van der Waals surface area contributed by atoms with Crippen molar-refractivity contribution in [2.75, 3.05) is 14.1 Å². The van der Waals surface area contributed by atoms with Crippen LogP contribution in [-0.2, 0) is 0 Å². The molecule has 0 aromatic heterocycles. The maximum Gasteiger partial charge on any atom is 0.0394 e. The summed E-state index contributed by atoms with van der Waals surface area (Å²) in [4.78, 5) is 2.26. The fourth-order valence-electron chi connectivity index (χ4n) is 1.85. The monoisotopic (exact) mass is 201 g/mol. The highest BCUT2D eigenvalue weighted by molar-refractivity contribution is 4.93. The Morgan fingerprint density at radius 1 is 1.36 bits per heavy atom. The molecule has 2 atom stereocenters. The van der Waals surface area contributed by atoms with Crippen LogP contribution in [0.4, 0.5) is 0 Å². The van der Waals surface area contributed by atoms with E-state index in [1.807, 2.05) is 0 Å². The molecule has 0 heterocycles. The fourth-order valence-corrected chi connectivity index (χ4v) is 1.85. The minimum Gasteiger partial charge on any atom is -0.302 e. The molecule has 2 unspecified atom stereocenters. The van der Waals surface area contributed by atoms with Crippen molar-refractivity contribution in [1.82, 2.24) is 10.3 Å². The molecule has 0 saturated carbocycles. The average Bonchev–Trinajstić information content (AvgIpc) is 2.12. The summed E-state index contributed by atoms with van der Waals surface area (Å²) in [5.74, 6) is 6.31. The SMILES string of the molecule is CCC(C)(C(CC(C)C)NN)N(C)C. The van der Waals surface area contributed by atoms with Gasteiger partial charge in [0.2, 0.25) is 0 Å². The quantitative estimate of drug-likeness (QED) is 0.506. The van der Waals surface area contributed by atoms with Crippen LogP contribution < -0.4 is 11.3 Å². The van der Waals surface area contributed by atoms with Gasteiger partial charge in [0, 0.05) is 11.6 Å². The first-order valence-corrected chi connectivity index (χ1v) is 5.52. The van der Waals surface area contributed by atoms with Crippen molar-refractivity contribution in [3.05, 3.63) is 0 Å². The van der Waals surface area contributed by atoms with E-state index in [1.54, 1.807) is 0 Å². The molecular formula is C11H27N3. The number of likely N-dealkylation sites (N-methyl/N-ethyl adjacent to an activating group) is 1. The Kier molecular flexibility index (Phi) is 5.64. The molecule has 0 amide bonds. The molecular weight excluding hydrogens is 174 g/mol. The number of nitrogens with two attached hydrogens (primary N) is 1. The van der Waals surface area contributed by atoms with Crippen LogP contribution in [0.5, 0.6) is 0 Å². The largest absolute Gasteiger partial charge is 0.302 e. The highest BCUT2D eigenvalue weighted by Gasteiger charge is 2.34. The van der Waals surface area contributed by atoms with Gasteiger partial charge in [-0.05, 0) is 39.8 Å². The van der Waals surface area contributed by atoms with Crippen molar-refractivity contribution in [2.45, 2.75) is 52.1 Å². The van der Waals surface area contributed by atoms with Gasteiger partial charge in [-0.15, -0.1) is 0 Å². The zero-order chi connectivity index (χ0) is 11.4. The van der Waals surface area contributed by atoms with Crippen LogP contribution in [0.25, 0.3) is 0 Å². The van der Waals surface area contributed by atoms with Crippen LogP contribution in [0.3, 0.4) is 0 Å². The van der Waals surface area contributed by atoms with Crippen molar-refractivity contribution >= 4 is 0 Å².